The molecule has 0 N–H and O–H groups in total. The zero-order valence-electron chi connectivity index (χ0n) is 14.5. The lowest BCUT2D eigenvalue weighted by molar-refractivity contribution is 0.402. The van der Waals surface area contributed by atoms with E-state index < -0.39 is 0 Å². The number of methoxy groups -OCH3 is 2. The van der Waals surface area contributed by atoms with Crippen LogP contribution < -0.4 is 9.47 Å². The van der Waals surface area contributed by atoms with E-state index in [1.165, 1.54) is 0 Å². The first-order chi connectivity index (χ1) is 11.5. The molecule has 126 valence electrons. The first kappa shape index (κ1) is 16.0. The monoisotopic (exact) mass is 328 g/mol. The number of aryl methyl sites for hydroxylation is 3. The third-order valence-electron chi connectivity index (χ3n) is 3.79. The van der Waals surface area contributed by atoms with E-state index in [0.29, 0.717) is 23.9 Å². The number of hydrogen-bond acceptors (Lipinski definition) is 6. The summed E-state index contributed by atoms with van der Waals surface area (Å²) in [6.45, 7) is 6.18. The maximum Gasteiger partial charge on any atom is 0.230 e. The Bertz CT molecular complexity index is 867. The second-order valence-corrected chi connectivity index (χ2v) is 5.45. The lowest BCUT2D eigenvalue weighted by Gasteiger charge is -2.07. The molecule has 0 aliphatic carbocycles. The number of rotatable bonds is 5. The number of oxazole rings is 1. The predicted molar refractivity (Wildman–Crippen MR) is 88.4 cm³/mol. The lowest BCUT2D eigenvalue weighted by atomic mass is 10.2. The van der Waals surface area contributed by atoms with Crippen LogP contribution in [0.5, 0.6) is 11.5 Å². The van der Waals surface area contributed by atoms with E-state index >= 15 is 0 Å². The van der Waals surface area contributed by atoms with Crippen molar-refractivity contribution in [1.82, 2.24) is 19.7 Å². The van der Waals surface area contributed by atoms with Crippen LogP contribution in [-0.2, 0) is 6.54 Å². The molecule has 0 unspecified atom stereocenters. The van der Waals surface area contributed by atoms with Gasteiger partial charge in [-0.15, -0.1) is 0 Å². The van der Waals surface area contributed by atoms with Crippen LogP contribution in [0.1, 0.15) is 23.1 Å². The van der Waals surface area contributed by atoms with Crippen molar-refractivity contribution >= 4 is 0 Å². The van der Waals surface area contributed by atoms with Gasteiger partial charge in [0.2, 0.25) is 5.89 Å². The molecule has 24 heavy (non-hydrogen) atoms. The molecule has 0 spiro atoms. The van der Waals surface area contributed by atoms with E-state index in [1.54, 1.807) is 14.2 Å². The van der Waals surface area contributed by atoms with E-state index in [9.17, 15) is 0 Å². The summed E-state index contributed by atoms with van der Waals surface area (Å²) in [5.41, 5.74) is 1.56. The van der Waals surface area contributed by atoms with Gasteiger partial charge in [-0.2, -0.15) is 5.10 Å². The summed E-state index contributed by atoms with van der Waals surface area (Å²) in [5.74, 6) is 4.20. The quantitative estimate of drug-likeness (QED) is 0.717. The third kappa shape index (κ3) is 2.97. The predicted octanol–water partition coefficient (Wildman–Crippen LogP) is 2.92. The van der Waals surface area contributed by atoms with E-state index in [4.69, 9.17) is 13.9 Å². The van der Waals surface area contributed by atoms with Gasteiger partial charge in [0.1, 0.15) is 34.6 Å². The molecule has 0 amide bonds. The van der Waals surface area contributed by atoms with Crippen LogP contribution in [-0.4, -0.2) is 34.0 Å². The molecule has 0 radical (unpaired) electrons. The fourth-order valence-electron chi connectivity index (χ4n) is 2.52. The zero-order valence-corrected chi connectivity index (χ0v) is 14.5. The molecule has 0 saturated heterocycles. The third-order valence-corrected chi connectivity index (χ3v) is 3.79. The summed E-state index contributed by atoms with van der Waals surface area (Å²) in [6.07, 6.45) is 0. The minimum absolute atomic E-state index is 0.493. The van der Waals surface area contributed by atoms with Gasteiger partial charge in [0.15, 0.2) is 0 Å². The average molecular weight is 328 g/mol. The van der Waals surface area contributed by atoms with Crippen LogP contribution in [0.15, 0.2) is 22.6 Å². The van der Waals surface area contributed by atoms with E-state index in [-0.39, 0.29) is 0 Å². The highest BCUT2D eigenvalue weighted by Gasteiger charge is 2.17. The Balaban J connectivity index is 1.98. The molecule has 0 bridgehead atoms. The van der Waals surface area contributed by atoms with Crippen molar-refractivity contribution in [2.45, 2.75) is 27.3 Å². The topological polar surface area (TPSA) is 75.2 Å². The van der Waals surface area contributed by atoms with Crippen molar-refractivity contribution in [2.24, 2.45) is 0 Å². The van der Waals surface area contributed by atoms with E-state index in [1.807, 2.05) is 43.7 Å². The molecule has 0 fully saturated rings. The molecular weight excluding hydrogens is 308 g/mol. The fourth-order valence-corrected chi connectivity index (χ4v) is 2.52. The van der Waals surface area contributed by atoms with Gasteiger partial charge < -0.3 is 13.9 Å². The van der Waals surface area contributed by atoms with Gasteiger partial charge in [-0.25, -0.2) is 14.6 Å². The largest absolute Gasteiger partial charge is 0.497 e. The van der Waals surface area contributed by atoms with Crippen LogP contribution >= 0.6 is 0 Å². The van der Waals surface area contributed by atoms with Gasteiger partial charge in [-0.3, -0.25) is 0 Å². The summed E-state index contributed by atoms with van der Waals surface area (Å²) in [6, 6.07) is 5.51. The van der Waals surface area contributed by atoms with Crippen molar-refractivity contribution in [2.75, 3.05) is 14.2 Å². The van der Waals surface area contributed by atoms with Crippen LogP contribution in [0, 0.1) is 20.8 Å². The van der Waals surface area contributed by atoms with Crippen LogP contribution in [0.4, 0.5) is 0 Å². The number of hydrogen-bond donors (Lipinski definition) is 0. The number of nitrogens with zero attached hydrogens (tertiary/aromatic N) is 4. The van der Waals surface area contributed by atoms with Crippen LogP contribution in [0.25, 0.3) is 11.5 Å². The van der Waals surface area contributed by atoms with Crippen molar-refractivity contribution in [3.8, 4) is 23.0 Å². The fraction of sp³-hybridized carbons (Fsp3) is 0.353. The molecule has 7 nitrogen and oxygen atoms in total. The van der Waals surface area contributed by atoms with Gasteiger partial charge in [-0.1, -0.05) is 0 Å². The molecule has 0 aliphatic rings. The highest BCUT2D eigenvalue weighted by molar-refractivity contribution is 5.65. The Hall–Kier alpha value is -2.83. The van der Waals surface area contributed by atoms with Gasteiger partial charge in [0, 0.05) is 0 Å². The summed E-state index contributed by atoms with van der Waals surface area (Å²) in [5, 5.41) is 4.37. The van der Waals surface area contributed by atoms with Crippen LogP contribution in [0.3, 0.4) is 0 Å². The SMILES string of the molecule is COc1ccc(OC)c(-c2nc(Cn3nc(C)nc3C)c(C)o2)c1. The molecular formula is C17H20N4O3. The standard InChI is InChI=1S/C17H20N4O3/c1-10-15(9-21-12(3)18-11(2)20-21)19-17(24-10)14-8-13(22-4)6-7-16(14)23-5/h6-8H,9H2,1-5H3. The Labute approximate surface area is 140 Å². The molecule has 1 aromatic carbocycles. The highest BCUT2D eigenvalue weighted by atomic mass is 16.5. The minimum atomic E-state index is 0.493. The second-order valence-electron chi connectivity index (χ2n) is 5.45. The molecule has 3 rings (SSSR count). The molecule has 2 aromatic heterocycles. The maximum atomic E-state index is 5.85. The Morgan fingerprint density at radius 3 is 2.50 bits per heavy atom. The lowest BCUT2D eigenvalue weighted by Crippen LogP contribution is -2.05. The molecule has 7 heteroatoms. The Morgan fingerprint density at radius 2 is 1.88 bits per heavy atom. The summed E-state index contributed by atoms with van der Waals surface area (Å²) >= 11 is 0. The van der Waals surface area contributed by atoms with Gasteiger partial charge >= 0.3 is 0 Å². The normalized spacial score (nSPS) is 10.9. The average Bonchev–Trinajstić information content (AvgIpc) is 3.09. The van der Waals surface area contributed by atoms with E-state index in [0.717, 1.165) is 28.7 Å². The highest BCUT2D eigenvalue weighted by Crippen LogP contribution is 2.33. The first-order valence-corrected chi connectivity index (χ1v) is 7.58. The Kier molecular flexibility index (Phi) is 4.24. The summed E-state index contributed by atoms with van der Waals surface area (Å²) in [4.78, 5) is 8.93. The van der Waals surface area contributed by atoms with E-state index in [2.05, 4.69) is 15.1 Å². The van der Waals surface area contributed by atoms with Gasteiger partial charge in [0.25, 0.3) is 0 Å². The van der Waals surface area contributed by atoms with Gasteiger partial charge in [-0.05, 0) is 39.0 Å². The zero-order chi connectivity index (χ0) is 17.3. The van der Waals surface area contributed by atoms with Crippen molar-refractivity contribution < 1.29 is 13.9 Å². The Morgan fingerprint density at radius 1 is 1.08 bits per heavy atom. The number of benzene rings is 1. The van der Waals surface area contributed by atoms with Crippen molar-refractivity contribution in [1.29, 1.82) is 0 Å². The second kappa shape index (κ2) is 6.35. The molecule has 0 aliphatic heterocycles. The summed E-state index contributed by atoms with van der Waals surface area (Å²) in [7, 11) is 3.23. The molecule has 0 atom stereocenters. The van der Waals surface area contributed by atoms with Crippen molar-refractivity contribution in [3.63, 3.8) is 0 Å². The van der Waals surface area contributed by atoms with Crippen molar-refractivity contribution in [3.05, 3.63) is 41.3 Å². The summed E-state index contributed by atoms with van der Waals surface area (Å²) < 4.78 is 18.4. The molecule has 0 saturated carbocycles. The molecule has 2 heterocycles. The molecule has 3 aromatic rings. The number of ether oxygens (including phenoxy) is 2. The minimum Gasteiger partial charge on any atom is -0.497 e. The smallest absolute Gasteiger partial charge is 0.230 e. The number of aromatic nitrogens is 4. The van der Waals surface area contributed by atoms with Crippen LogP contribution in [0.2, 0.25) is 0 Å². The van der Waals surface area contributed by atoms with Gasteiger partial charge in [0.05, 0.1) is 26.3 Å². The first-order valence-electron chi connectivity index (χ1n) is 7.58. The maximum absolute atomic E-state index is 5.85.